The van der Waals surface area contributed by atoms with E-state index in [9.17, 15) is 4.79 Å². The molecule has 0 radical (unpaired) electrons. The molecular formula is C13H14N2O3S. The Kier molecular flexibility index (Phi) is 4.01. The number of carboxylic acid groups (broad SMARTS) is 1. The first-order valence-electron chi connectivity index (χ1n) is 5.68. The largest absolute Gasteiger partial charge is 0.497 e. The number of anilines is 1. The topological polar surface area (TPSA) is 71.5 Å². The van der Waals surface area contributed by atoms with Gasteiger partial charge in [0.2, 0.25) is 0 Å². The molecule has 0 saturated carbocycles. The first kappa shape index (κ1) is 13.4. The number of aryl methyl sites for hydroxylation is 1. The molecule has 0 fully saturated rings. The maximum atomic E-state index is 11.1. The van der Waals surface area contributed by atoms with E-state index in [0.717, 1.165) is 22.8 Å². The van der Waals surface area contributed by atoms with E-state index in [1.54, 1.807) is 14.0 Å². The quantitative estimate of drug-likeness (QED) is 0.880. The van der Waals surface area contributed by atoms with Crippen molar-refractivity contribution in [3.05, 3.63) is 41.1 Å². The molecule has 1 aromatic heterocycles. The number of aromatic carboxylic acids is 1. The molecule has 5 nitrogen and oxygen atoms in total. The van der Waals surface area contributed by atoms with E-state index in [2.05, 4.69) is 9.69 Å². The standard InChI is InChI=1S/C13H14N2O3S/c1-8-11(13(16)17)12(19-15-8)14-7-9-4-3-5-10(6-9)18-2/h3-6,14H,7H2,1-2H3,(H,16,17). The number of nitrogens with one attached hydrogen (secondary N) is 1. The average molecular weight is 278 g/mol. The summed E-state index contributed by atoms with van der Waals surface area (Å²) in [6, 6.07) is 7.61. The summed E-state index contributed by atoms with van der Waals surface area (Å²) in [5.74, 6) is -0.183. The van der Waals surface area contributed by atoms with Crippen molar-refractivity contribution < 1.29 is 14.6 Å². The van der Waals surface area contributed by atoms with Crippen molar-refractivity contribution in [2.45, 2.75) is 13.5 Å². The van der Waals surface area contributed by atoms with E-state index < -0.39 is 5.97 Å². The van der Waals surface area contributed by atoms with Crippen molar-refractivity contribution >= 4 is 22.5 Å². The third-order valence-corrected chi connectivity index (χ3v) is 3.56. The Balaban J connectivity index is 2.12. The minimum absolute atomic E-state index is 0.243. The minimum Gasteiger partial charge on any atom is -0.497 e. The third-order valence-electron chi connectivity index (χ3n) is 2.66. The molecule has 2 aromatic rings. The molecule has 0 atom stereocenters. The second-order valence-electron chi connectivity index (χ2n) is 3.98. The predicted molar refractivity (Wildman–Crippen MR) is 74.1 cm³/mol. The third kappa shape index (κ3) is 3.03. The van der Waals surface area contributed by atoms with Gasteiger partial charge in [0, 0.05) is 6.54 Å². The first-order chi connectivity index (χ1) is 9.11. The van der Waals surface area contributed by atoms with Crippen LogP contribution in [0.3, 0.4) is 0 Å². The normalized spacial score (nSPS) is 10.2. The molecule has 0 bridgehead atoms. The van der Waals surface area contributed by atoms with E-state index in [4.69, 9.17) is 9.84 Å². The van der Waals surface area contributed by atoms with E-state index in [1.807, 2.05) is 24.3 Å². The lowest BCUT2D eigenvalue weighted by Gasteiger charge is -2.06. The fourth-order valence-corrected chi connectivity index (χ4v) is 2.49. The molecule has 0 aliphatic heterocycles. The van der Waals surface area contributed by atoms with Gasteiger partial charge in [-0.25, -0.2) is 4.79 Å². The molecule has 2 N–H and O–H groups in total. The Morgan fingerprint density at radius 1 is 1.53 bits per heavy atom. The number of aromatic nitrogens is 1. The summed E-state index contributed by atoms with van der Waals surface area (Å²) < 4.78 is 9.20. The summed E-state index contributed by atoms with van der Waals surface area (Å²) in [5, 5.41) is 12.8. The van der Waals surface area contributed by atoms with Crippen LogP contribution in [-0.2, 0) is 6.54 Å². The van der Waals surface area contributed by atoms with Gasteiger partial charge in [0.25, 0.3) is 0 Å². The Morgan fingerprint density at radius 2 is 2.32 bits per heavy atom. The molecule has 0 unspecified atom stereocenters. The van der Waals surface area contributed by atoms with Gasteiger partial charge in [-0.05, 0) is 36.2 Å². The van der Waals surface area contributed by atoms with Crippen molar-refractivity contribution in [2.24, 2.45) is 0 Å². The number of ether oxygens (including phenoxy) is 1. The molecule has 0 aliphatic carbocycles. The van der Waals surface area contributed by atoms with Crippen LogP contribution in [0.5, 0.6) is 5.75 Å². The lowest BCUT2D eigenvalue weighted by Crippen LogP contribution is -2.04. The number of methoxy groups -OCH3 is 1. The Morgan fingerprint density at radius 3 is 3.00 bits per heavy atom. The Bertz CT molecular complexity index is 595. The maximum absolute atomic E-state index is 11.1. The average Bonchev–Trinajstić information content (AvgIpc) is 2.78. The summed E-state index contributed by atoms with van der Waals surface area (Å²) in [5.41, 5.74) is 1.79. The zero-order valence-corrected chi connectivity index (χ0v) is 11.5. The molecule has 100 valence electrons. The van der Waals surface area contributed by atoms with Crippen molar-refractivity contribution in [1.82, 2.24) is 4.37 Å². The monoisotopic (exact) mass is 278 g/mol. The molecule has 0 amide bonds. The fraction of sp³-hybridized carbons (Fsp3) is 0.231. The van der Waals surface area contributed by atoms with Crippen LogP contribution in [0.1, 0.15) is 21.6 Å². The fourth-order valence-electron chi connectivity index (χ4n) is 1.71. The van der Waals surface area contributed by atoms with Gasteiger partial charge in [0.1, 0.15) is 16.3 Å². The van der Waals surface area contributed by atoms with Gasteiger partial charge in [0.05, 0.1) is 12.8 Å². The molecule has 2 rings (SSSR count). The van der Waals surface area contributed by atoms with Crippen LogP contribution in [0.4, 0.5) is 5.00 Å². The summed E-state index contributed by atoms with van der Waals surface area (Å²) in [6.07, 6.45) is 0. The highest BCUT2D eigenvalue weighted by Crippen LogP contribution is 2.25. The van der Waals surface area contributed by atoms with Gasteiger partial charge in [-0.1, -0.05) is 12.1 Å². The lowest BCUT2D eigenvalue weighted by atomic mass is 10.2. The summed E-state index contributed by atoms with van der Waals surface area (Å²) in [4.78, 5) is 11.1. The number of benzene rings is 1. The molecular weight excluding hydrogens is 264 g/mol. The SMILES string of the molecule is COc1cccc(CNc2snc(C)c2C(=O)O)c1. The molecule has 19 heavy (non-hydrogen) atoms. The first-order valence-corrected chi connectivity index (χ1v) is 6.45. The zero-order valence-electron chi connectivity index (χ0n) is 10.6. The minimum atomic E-state index is -0.959. The predicted octanol–water partition coefficient (Wildman–Crippen LogP) is 2.77. The molecule has 0 aliphatic rings. The van der Waals surface area contributed by atoms with Crippen molar-refractivity contribution in [3.63, 3.8) is 0 Å². The maximum Gasteiger partial charge on any atom is 0.340 e. The van der Waals surface area contributed by atoms with Crippen LogP contribution in [0.25, 0.3) is 0 Å². The van der Waals surface area contributed by atoms with Crippen LogP contribution in [0.15, 0.2) is 24.3 Å². The number of carbonyl (C=O) groups is 1. The van der Waals surface area contributed by atoms with Crippen molar-refractivity contribution in [2.75, 3.05) is 12.4 Å². The summed E-state index contributed by atoms with van der Waals surface area (Å²) in [7, 11) is 1.61. The van der Waals surface area contributed by atoms with Crippen LogP contribution >= 0.6 is 11.5 Å². The lowest BCUT2D eigenvalue weighted by molar-refractivity contribution is 0.0697. The zero-order chi connectivity index (χ0) is 13.8. The number of rotatable bonds is 5. The van der Waals surface area contributed by atoms with Crippen LogP contribution in [0, 0.1) is 6.92 Å². The Hall–Kier alpha value is -2.08. The van der Waals surface area contributed by atoms with Gasteiger partial charge in [-0.3, -0.25) is 0 Å². The molecule has 1 heterocycles. The van der Waals surface area contributed by atoms with Gasteiger partial charge in [-0.15, -0.1) is 0 Å². The summed E-state index contributed by atoms with van der Waals surface area (Å²) in [6.45, 7) is 2.22. The van der Waals surface area contributed by atoms with Gasteiger partial charge in [-0.2, -0.15) is 4.37 Å². The molecule has 0 saturated heterocycles. The van der Waals surface area contributed by atoms with Crippen LogP contribution < -0.4 is 10.1 Å². The Labute approximate surface area is 115 Å². The number of hydrogen-bond acceptors (Lipinski definition) is 5. The van der Waals surface area contributed by atoms with Gasteiger partial charge in [0.15, 0.2) is 0 Å². The number of carboxylic acids is 1. The van der Waals surface area contributed by atoms with E-state index >= 15 is 0 Å². The number of nitrogens with zero attached hydrogens (tertiary/aromatic N) is 1. The second kappa shape index (κ2) is 5.71. The van der Waals surface area contributed by atoms with Gasteiger partial charge >= 0.3 is 5.97 Å². The highest BCUT2D eigenvalue weighted by Gasteiger charge is 2.17. The molecule has 0 spiro atoms. The highest BCUT2D eigenvalue weighted by atomic mass is 32.1. The van der Waals surface area contributed by atoms with E-state index in [1.165, 1.54) is 0 Å². The van der Waals surface area contributed by atoms with Crippen molar-refractivity contribution in [1.29, 1.82) is 0 Å². The van der Waals surface area contributed by atoms with Crippen LogP contribution in [-0.4, -0.2) is 22.6 Å². The number of hydrogen-bond donors (Lipinski definition) is 2. The van der Waals surface area contributed by atoms with Crippen LogP contribution in [0.2, 0.25) is 0 Å². The van der Waals surface area contributed by atoms with E-state index in [0.29, 0.717) is 17.2 Å². The van der Waals surface area contributed by atoms with Crippen molar-refractivity contribution in [3.8, 4) is 5.75 Å². The molecule has 6 heteroatoms. The second-order valence-corrected chi connectivity index (χ2v) is 4.76. The smallest absolute Gasteiger partial charge is 0.340 e. The molecule has 1 aromatic carbocycles. The van der Waals surface area contributed by atoms with Gasteiger partial charge < -0.3 is 15.2 Å². The van der Waals surface area contributed by atoms with E-state index in [-0.39, 0.29) is 5.56 Å². The highest BCUT2D eigenvalue weighted by molar-refractivity contribution is 7.10. The summed E-state index contributed by atoms with van der Waals surface area (Å²) >= 11 is 1.16.